The number of carbonyl (C=O) groups is 1. The molecule has 3 rings (SSSR count). The number of thiazole rings is 1. The summed E-state index contributed by atoms with van der Waals surface area (Å²) in [6.07, 6.45) is 0. The van der Waals surface area contributed by atoms with Crippen molar-refractivity contribution in [2.75, 3.05) is 12.4 Å². The quantitative estimate of drug-likeness (QED) is 0.545. The first-order chi connectivity index (χ1) is 13.0. The average molecular weight is 438 g/mol. The first-order valence-corrected chi connectivity index (χ1v) is 9.68. The van der Waals surface area contributed by atoms with Gasteiger partial charge in [0.05, 0.1) is 23.4 Å². The summed E-state index contributed by atoms with van der Waals surface area (Å²) >= 11 is 18.4. The Bertz CT molecular complexity index is 991. The fraction of sp³-hybridized carbons (Fsp3) is 0.0556. The molecule has 27 heavy (non-hydrogen) atoms. The van der Waals surface area contributed by atoms with E-state index in [-0.39, 0.29) is 15.7 Å². The van der Waals surface area contributed by atoms with Gasteiger partial charge in [0, 0.05) is 16.0 Å². The van der Waals surface area contributed by atoms with Crippen LogP contribution in [0.5, 0.6) is 5.75 Å². The van der Waals surface area contributed by atoms with Gasteiger partial charge in [-0.3, -0.25) is 10.1 Å². The Hall–Kier alpha value is -2.19. The topological polar surface area (TPSA) is 63.2 Å². The summed E-state index contributed by atoms with van der Waals surface area (Å²) in [5.41, 5.74) is 2.02. The van der Waals surface area contributed by atoms with Crippen molar-refractivity contribution >= 4 is 62.9 Å². The molecule has 0 atom stereocenters. The molecule has 1 amide bonds. The molecule has 3 aromatic rings. The van der Waals surface area contributed by atoms with Gasteiger partial charge in [-0.05, 0) is 54.7 Å². The molecule has 0 saturated heterocycles. The monoisotopic (exact) mass is 437 g/mol. The van der Waals surface area contributed by atoms with Gasteiger partial charge in [-0.25, -0.2) is 4.98 Å². The number of anilines is 1. The number of rotatable bonds is 4. The van der Waals surface area contributed by atoms with Crippen molar-refractivity contribution in [3.63, 3.8) is 0 Å². The number of hydrogen-bond donors (Lipinski definition) is 2. The van der Waals surface area contributed by atoms with Gasteiger partial charge < -0.3 is 10.1 Å². The number of benzene rings is 2. The lowest BCUT2D eigenvalue weighted by molar-refractivity contribution is 0.0978. The summed E-state index contributed by atoms with van der Waals surface area (Å²) in [5.74, 6) is 0.346. The van der Waals surface area contributed by atoms with E-state index < -0.39 is 5.91 Å². The van der Waals surface area contributed by atoms with Crippen LogP contribution in [0, 0.1) is 0 Å². The van der Waals surface area contributed by atoms with Crippen molar-refractivity contribution in [2.45, 2.75) is 0 Å². The van der Waals surface area contributed by atoms with Crippen LogP contribution in [-0.4, -0.2) is 23.1 Å². The fourth-order valence-electron chi connectivity index (χ4n) is 2.20. The van der Waals surface area contributed by atoms with Crippen molar-refractivity contribution in [1.29, 1.82) is 0 Å². The van der Waals surface area contributed by atoms with Gasteiger partial charge in [0.15, 0.2) is 10.2 Å². The van der Waals surface area contributed by atoms with Crippen LogP contribution in [0.2, 0.25) is 10.0 Å². The second-order valence-electron chi connectivity index (χ2n) is 5.30. The smallest absolute Gasteiger partial charge is 0.258 e. The summed E-state index contributed by atoms with van der Waals surface area (Å²) < 4.78 is 5.15. The highest BCUT2D eigenvalue weighted by Gasteiger charge is 2.13. The molecule has 2 aromatic carbocycles. The van der Waals surface area contributed by atoms with Crippen LogP contribution in [0.25, 0.3) is 11.3 Å². The Morgan fingerprint density at radius 1 is 1.19 bits per heavy atom. The van der Waals surface area contributed by atoms with Crippen molar-refractivity contribution < 1.29 is 9.53 Å². The van der Waals surface area contributed by atoms with Gasteiger partial charge in [0.25, 0.3) is 5.91 Å². The van der Waals surface area contributed by atoms with Crippen LogP contribution >= 0.6 is 46.8 Å². The summed E-state index contributed by atoms with van der Waals surface area (Å²) in [6.45, 7) is 0. The molecule has 0 bridgehead atoms. The number of hydrogen-bond acceptors (Lipinski definition) is 5. The van der Waals surface area contributed by atoms with Gasteiger partial charge in [0.2, 0.25) is 0 Å². The normalized spacial score (nSPS) is 10.3. The van der Waals surface area contributed by atoms with Crippen molar-refractivity contribution in [1.82, 2.24) is 10.3 Å². The number of thiocarbonyl (C=S) groups is 1. The highest BCUT2D eigenvalue weighted by molar-refractivity contribution is 7.80. The number of nitrogens with one attached hydrogen (secondary N) is 2. The van der Waals surface area contributed by atoms with Crippen LogP contribution < -0.4 is 15.4 Å². The second-order valence-corrected chi connectivity index (χ2v) is 7.41. The van der Waals surface area contributed by atoms with Gasteiger partial charge >= 0.3 is 0 Å². The molecule has 9 heteroatoms. The molecule has 2 N–H and O–H groups in total. The molecular weight excluding hydrogens is 425 g/mol. The minimum Gasteiger partial charge on any atom is -0.497 e. The first kappa shape index (κ1) is 19.6. The van der Waals surface area contributed by atoms with Crippen molar-refractivity contribution in [3.8, 4) is 17.0 Å². The largest absolute Gasteiger partial charge is 0.497 e. The summed E-state index contributed by atoms with van der Waals surface area (Å²) in [5, 5.41) is 8.75. The van der Waals surface area contributed by atoms with E-state index in [2.05, 4.69) is 15.6 Å². The number of methoxy groups -OCH3 is 1. The zero-order valence-electron chi connectivity index (χ0n) is 14.0. The maximum atomic E-state index is 12.3. The predicted octanol–water partition coefficient (Wildman–Crippen LogP) is 5.25. The molecule has 0 aliphatic heterocycles. The average Bonchev–Trinajstić information content (AvgIpc) is 3.09. The summed E-state index contributed by atoms with van der Waals surface area (Å²) in [7, 11) is 1.62. The molecule has 1 aromatic heterocycles. The minimum absolute atomic E-state index is 0.127. The molecule has 138 valence electrons. The van der Waals surface area contributed by atoms with Gasteiger partial charge in [-0.15, -0.1) is 11.3 Å². The Kier molecular flexibility index (Phi) is 6.28. The molecule has 0 aliphatic rings. The molecule has 0 unspecified atom stereocenters. The first-order valence-electron chi connectivity index (χ1n) is 7.63. The molecule has 5 nitrogen and oxygen atoms in total. The number of carbonyl (C=O) groups excluding carboxylic acids is 1. The van der Waals surface area contributed by atoms with Crippen LogP contribution in [0.15, 0.2) is 47.8 Å². The van der Waals surface area contributed by atoms with E-state index >= 15 is 0 Å². The molecule has 0 aliphatic carbocycles. The zero-order chi connectivity index (χ0) is 19.4. The lowest BCUT2D eigenvalue weighted by atomic mass is 10.2. The molecule has 0 saturated carbocycles. The van der Waals surface area contributed by atoms with E-state index in [1.807, 2.05) is 29.6 Å². The SMILES string of the molecule is COc1ccc(-c2csc(NC(=S)NC(=O)c3ccc(Cl)cc3Cl)n2)cc1. The van der Waals surface area contributed by atoms with Gasteiger partial charge in [0.1, 0.15) is 5.75 Å². The molecule has 1 heterocycles. The van der Waals surface area contributed by atoms with Crippen molar-refractivity contribution in [3.05, 3.63) is 63.5 Å². The Balaban J connectivity index is 1.64. The lowest BCUT2D eigenvalue weighted by Gasteiger charge is -2.08. The number of nitrogens with zero attached hydrogens (tertiary/aromatic N) is 1. The summed E-state index contributed by atoms with van der Waals surface area (Å²) in [4.78, 5) is 16.7. The van der Waals surface area contributed by atoms with E-state index in [9.17, 15) is 4.79 Å². The van der Waals surface area contributed by atoms with E-state index in [0.717, 1.165) is 17.0 Å². The van der Waals surface area contributed by atoms with E-state index in [1.54, 1.807) is 13.2 Å². The van der Waals surface area contributed by atoms with Crippen LogP contribution in [-0.2, 0) is 0 Å². The fourth-order valence-corrected chi connectivity index (χ4v) is 3.67. The lowest BCUT2D eigenvalue weighted by Crippen LogP contribution is -2.34. The van der Waals surface area contributed by atoms with Crippen LogP contribution in [0.1, 0.15) is 10.4 Å². The third-order valence-electron chi connectivity index (χ3n) is 3.51. The number of ether oxygens (including phenoxy) is 1. The number of amides is 1. The Morgan fingerprint density at radius 2 is 1.93 bits per heavy atom. The Morgan fingerprint density at radius 3 is 2.59 bits per heavy atom. The molecule has 0 radical (unpaired) electrons. The minimum atomic E-state index is -0.430. The van der Waals surface area contributed by atoms with E-state index in [1.165, 1.54) is 23.5 Å². The van der Waals surface area contributed by atoms with Crippen LogP contribution in [0.3, 0.4) is 0 Å². The maximum Gasteiger partial charge on any atom is 0.258 e. The van der Waals surface area contributed by atoms with E-state index in [0.29, 0.717) is 10.2 Å². The number of halogens is 2. The number of aromatic nitrogens is 1. The van der Waals surface area contributed by atoms with Gasteiger partial charge in [-0.1, -0.05) is 23.2 Å². The van der Waals surface area contributed by atoms with E-state index in [4.69, 9.17) is 40.2 Å². The second kappa shape index (κ2) is 8.67. The van der Waals surface area contributed by atoms with Gasteiger partial charge in [-0.2, -0.15) is 0 Å². The maximum absolute atomic E-state index is 12.3. The zero-order valence-corrected chi connectivity index (χ0v) is 17.1. The molecule has 0 spiro atoms. The molecular formula is C18H13Cl2N3O2S2. The predicted molar refractivity (Wildman–Crippen MR) is 114 cm³/mol. The standard InChI is InChI=1S/C18H13Cl2N3O2S2/c1-25-12-5-2-10(3-6-12)15-9-27-18(21-15)23-17(26)22-16(24)13-7-4-11(19)8-14(13)20/h2-9H,1H3,(H2,21,22,23,24,26). The summed E-state index contributed by atoms with van der Waals surface area (Å²) in [6, 6.07) is 12.2. The highest BCUT2D eigenvalue weighted by Crippen LogP contribution is 2.26. The Labute approximate surface area is 175 Å². The third kappa shape index (κ3) is 4.95. The molecule has 0 fully saturated rings. The third-order valence-corrected chi connectivity index (χ3v) is 5.02. The van der Waals surface area contributed by atoms with Crippen molar-refractivity contribution in [2.24, 2.45) is 0 Å². The highest BCUT2D eigenvalue weighted by atomic mass is 35.5. The van der Waals surface area contributed by atoms with Crippen LogP contribution in [0.4, 0.5) is 5.13 Å².